The third kappa shape index (κ3) is 5.44. The fourth-order valence-electron chi connectivity index (χ4n) is 2.38. The highest BCUT2D eigenvalue weighted by molar-refractivity contribution is 7.98. The molecule has 126 valence electrons. The Morgan fingerprint density at radius 1 is 1.17 bits per heavy atom. The molecule has 0 aromatic heterocycles. The quantitative estimate of drug-likeness (QED) is 0.834. The zero-order valence-corrected chi connectivity index (χ0v) is 14.4. The van der Waals surface area contributed by atoms with E-state index < -0.39 is 0 Å². The third-order valence-corrected chi connectivity index (χ3v) is 4.38. The topological polar surface area (TPSA) is 61.9 Å². The number of amides is 2. The van der Waals surface area contributed by atoms with Crippen molar-refractivity contribution in [3.05, 3.63) is 24.3 Å². The number of nitrogens with one attached hydrogen (secondary N) is 1. The van der Waals surface area contributed by atoms with Gasteiger partial charge in [0.25, 0.3) is 0 Å². The molecule has 0 atom stereocenters. The van der Waals surface area contributed by atoms with Crippen LogP contribution in [-0.4, -0.2) is 67.4 Å². The Labute approximate surface area is 141 Å². The Bertz CT molecular complexity index is 528. The monoisotopic (exact) mass is 337 g/mol. The highest BCUT2D eigenvalue weighted by atomic mass is 32.2. The summed E-state index contributed by atoms with van der Waals surface area (Å²) < 4.78 is 4.98. The first-order valence-corrected chi connectivity index (χ1v) is 8.92. The van der Waals surface area contributed by atoms with Gasteiger partial charge in [-0.25, -0.2) is 4.79 Å². The van der Waals surface area contributed by atoms with Crippen LogP contribution in [0.3, 0.4) is 0 Å². The van der Waals surface area contributed by atoms with Crippen LogP contribution in [0.15, 0.2) is 29.2 Å². The molecule has 0 saturated carbocycles. The van der Waals surface area contributed by atoms with Crippen LogP contribution < -0.4 is 5.32 Å². The molecule has 0 bridgehead atoms. The van der Waals surface area contributed by atoms with E-state index in [-0.39, 0.29) is 12.0 Å². The van der Waals surface area contributed by atoms with Crippen molar-refractivity contribution >= 4 is 29.4 Å². The zero-order valence-electron chi connectivity index (χ0n) is 13.6. The molecular formula is C16H23N3O3S. The van der Waals surface area contributed by atoms with E-state index in [4.69, 9.17) is 4.74 Å². The fraction of sp³-hybridized carbons (Fsp3) is 0.500. The van der Waals surface area contributed by atoms with Gasteiger partial charge in [-0.2, -0.15) is 0 Å². The Morgan fingerprint density at radius 2 is 1.83 bits per heavy atom. The molecule has 1 aromatic carbocycles. The van der Waals surface area contributed by atoms with E-state index in [2.05, 4.69) is 5.32 Å². The molecule has 23 heavy (non-hydrogen) atoms. The van der Waals surface area contributed by atoms with Crippen molar-refractivity contribution in [3.63, 3.8) is 0 Å². The van der Waals surface area contributed by atoms with Gasteiger partial charge in [0.2, 0.25) is 5.91 Å². The Morgan fingerprint density at radius 3 is 2.39 bits per heavy atom. The van der Waals surface area contributed by atoms with E-state index in [1.807, 2.05) is 35.4 Å². The van der Waals surface area contributed by atoms with Crippen molar-refractivity contribution in [2.24, 2.45) is 0 Å². The van der Waals surface area contributed by atoms with Gasteiger partial charge in [0, 0.05) is 36.8 Å². The number of piperazine rings is 1. The van der Waals surface area contributed by atoms with E-state index in [0.717, 1.165) is 10.6 Å². The van der Waals surface area contributed by atoms with Gasteiger partial charge >= 0.3 is 6.09 Å². The molecule has 0 unspecified atom stereocenters. The summed E-state index contributed by atoms with van der Waals surface area (Å²) in [5.74, 6) is -0.0357. The number of hydrogen-bond acceptors (Lipinski definition) is 5. The molecule has 2 rings (SSSR count). The number of benzene rings is 1. The lowest BCUT2D eigenvalue weighted by atomic mass is 10.3. The minimum Gasteiger partial charge on any atom is -0.450 e. The van der Waals surface area contributed by atoms with Crippen LogP contribution in [-0.2, 0) is 9.53 Å². The normalized spacial score (nSPS) is 15.3. The van der Waals surface area contributed by atoms with Crippen LogP contribution in [0.25, 0.3) is 0 Å². The average Bonchev–Trinajstić information content (AvgIpc) is 2.56. The zero-order chi connectivity index (χ0) is 16.7. The minimum atomic E-state index is -0.273. The van der Waals surface area contributed by atoms with E-state index in [0.29, 0.717) is 39.3 Å². The lowest BCUT2D eigenvalue weighted by Crippen LogP contribution is -2.50. The van der Waals surface area contributed by atoms with Crippen LogP contribution in [0.5, 0.6) is 0 Å². The Hall–Kier alpha value is -1.73. The summed E-state index contributed by atoms with van der Waals surface area (Å²) in [4.78, 5) is 28.6. The maximum atomic E-state index is 12.1. The maximum Gasteiger partial charge on any atom is 0.409 e. The number of carbonyl (C=O) groups is 2. The third-order valence-electron chi connectivity index (χ3n) is 3.64. The van der Waals surface area contributed by atoms with Crippen molar-refractivity contribution in [2.45, 2.75) is 11.8 Å². The predicted molar refractivity (Wildman–Crippen MR) is 91.9 cm³/mol. The van der Waals surface area contributed by atoms with Crippen molar-refractivity contribution in [1.82, 2.24) is 9.80 Å². The molecular weight excluding hydrogens is 314 g/mol. The lowest BCUT2D eigenvalue weighted by Gasteiger charge is -2.33. The lowest BCUT2D eigenvalue weighted by molar-refractivity contribution is -0.117. The summed E-state index contributed by atoms with van der Waals surface area (Å²) in [6, 6.07) is 7.78. The summed E-state index contributed by atoms with van der Waals surface area (Å²) in [6.07, 6.45) is 1.74. The van der Waals surface area contributed by atoms with Crippen molar-refractivity contribution in [3.8, 4) is 0 Å². The van der Waals surface area contributed by atoms with Crippen LogP contribution in [0.2, 0.25) is 0 Å². The summed E-state index contributed by atoms with van der Waals surface area (Å²) in [5.41, 5.74) is 0.804. The number of nitrogens with zero attached hydrogens (tertiary/aromatic N) is 2. The predicted octanol–water partition coefficient (Wildman–Crippen LogP) is 2.12. The first-order chi connectivity index (χ1) is 11.1. The van der Waals surface area contributed by atoms with Gasteiger partial charge in [0.1, 0.15) is 0 Å². The molecule has 0 aliphatic carbocycles. The molecule has 0 spiro atoms. The van der Waals surface area contributed by atoms with Gasteiger partial charge in [-0.05, 0) is 37.4 Å². The van der Waals surface area contributed by atoms with E-state index in [1.165, 1.54) is 0 Å². The Kier molecular flexibility index (Phi) is 6.73. The number of rotatable bonds is 5. The molecule has 1 aromatic rings. The molecule has 2 amide bonds. The summed E-state index contributed by atoms with van der Waals surface area (Å²) in [6.45, 7) is 5.06. The summed E-state index contributed by atoms with van der Waals surface area (Å²) in [5, 5.41) is 2.90. The number of carbonyl (C=O) groups excluding carboxylic acids is 2. The van der Waals surface area contributed by atoms with Crippen LogP contribution in [0.4, 0.5) is 10.5 Å². The van der Waals surface area contributed by atoms with Crippen molar-refractivity contribution < 1.29 is 14.3 Å². The number of ether oxygens (including phenoxy) is 1. The smallest absolute Gasteiger partial charge is 0.409 e. The second-order valence-electron chi connectivity index (χ2n) is 5.24. The van der Waals surface area contributed by atoms with Crippen molar-refractivity contribution in [2.75, 3.05) is 50.9 Å². The standard InChI is InChI=1S/C16H23N3O3S/c1-3-22-16(21)19-10-8-18(9-11-19)12-15(20)17-13-4-6-14(23-2)7-5-13/h4-7H,3,8-12H2,1-2H3,(H,17,20). The second-order valence-corrected chi connectivity index (χ2v) is 6.12. The summed E-state index contributed by atoms with van der Waals surface area (Å²) in [7, 11) is 0. The van der Waals surface area contributed by atoms with E-state index in [9.17, 15) is 9.59 Å². The molecule has 0 radical (unpaired) electrons. The molecule has 1 N–H and O–H groups in total. The molecule has 7 heteroatoms. The number of anilines is 1. The Balaban J connectivity index is 1.75. The van der Waals surface area contributed by atoms with Gasteiger partial charge in [0.05, 0.1) is 13.2 Å². The van der Waals surface area contributed by atoms with Gasteiger partial charge in [-0.15, -0.1) is 11.8 Å². The largest absolute Gasteiger partial charge is 0.450 e. The average molecular weight is 337 g/mol. The number of thioether (sulfide) groups is 1. The second kappa shape index (κ2) is 8.79. The SMILES string of the molecule is CCOC(=O)N1CCN(CC(=O)Nc2ccc(SC)cc2)CC1. The molecule has 1 saturated heterocycles. The molecule has 1 fully saturated rings. The molecule has 6 nitrogen and oxygen atoms in total. The van der Waals surface area contributed by atoms with E-state index >= 15 is 0 Å². The number of hydrogen-bond donors (Lipinski definition) is 1. The first-order valence-electron chi connectivity index (χ1n) is 7.70. The van der Waals surface area contributed by atoms with Crippen molar-refractivity contribution in [1.29, 1.82) is 0 Å². The van der Waals surface area contributed by atoms with Crippen LogP contribution in [0, 0.1) is 0 Å². The summed E-state index contributed by atoms with van der Waals surface area (Å²) >= 11 is 1.67. The molecule has 1 heterocycles. The maximum absolute atomic E-state index is 12.1. The highest BCUT2D eigenvalue weighted by Gasteiger charge is 2.23. The molecule has 1 aliphatic heterocycles. The van der Waals surface area contributed by atoms with Gasteiger partial charge in [-0.3, -0.25) is 9.69 Å². The van der Waals surface area contributed by atoms with Gasteiger partial charge in [-0.1, -0.05) is 0 Å². The highest BCUT2D eigenvalue weighted by Crippen LogP contribution is 2.17. The van der Waals surface area contributed by atoms with Crippen LogP contribution in [0.1, 0.15) is 6.92 Å². The van der Waals surface area contributed by atoms with Gasteiger partial charge < -0.3 is 15.0 Å². The van der Waals surface area contributed by atoms with E-state index in [1.54, 1.807) is 23.6 Å². The first kappa shape index (κ1) is 17.6. The molecule has 1 aliphatic rings. The van der Waals surface area contributed by atoms with Crippen LogP contribution >= 0.6 is 11.8 Å². The fourth-order valence-corrected chi connectivity index (χ4v) is 2.79. The van der Waals surface area contributed by atoms with Gasteiger partial charge in [0.15, 0.2) is 0 Å². The minimum absolute atomic E-state index is 0.0357.